The van der Waals surface area contributed by atoms with Crippen molar-refractivity contribution in [1.82, 2.24) is 0 Å². The smallest absolute Gasteiger partial charge is 0.305 e. The largest absolute Gasteiger partial charge is 0.463 e. The van der Waals surface area contributed by atoms with Crippen LogP contribution in [0.4, 0.5) is 0 Å². The summed E-state index contributed by atoms with van der Waals surface area (Å²) < 4.78 is 4.93. The van der Waals surface area contributed by atoms with Crippen molar-refractivity contribution >= 4 is 5.97 Å². The number of aliphatic hydroxyl groups is 1. The Morgan fingerprint density at radius 3 is 1.58 bits per heavy atom. The van der Waals surface area contributed by atoms with Crippen LogP contribution in [0.2, 0.25) is 0 Å². The molecule has 0 fully saturated rings. The maximum Gasteiger partial charge on any atom is 0.305 e. The van der Waals surface area contributed by atoms with Crippen LogP contribution in [0.1, 0.15) is 111 Å². The van der Waals surface area contributed by atoms with E-state index in [4.69, 9.17) is 9.84 Å². The molecule has 3 heteroatoms. The van der Waals surface area contributed by atoms with Gasteiger partial charge in [0.25, 0.3) is 0 Å². The van der Waals surface area contributed by atoms with Gasteiger partial charge in [-0.1, -0.05) is 90.9 Å². The molecule has 0 bridgehead atoms. The highest BCUT2D eigenvalue weighted by Crippen LogP contribution is 2.14. The van der Waals surface area contributed by atoms with Gasteiger partial charge in [0.1, 0.15) is 6.61 Å². The average molecular weight is 343 g/mol. The Morgan fingerprint density at radius 2 is 1.17 bits per heavy atom. The molecule has 0 spiro atoms. The van der Waals surface area contributed by atoms with Gasteiger partial charge in [0.15, 0.2) is 0 Å². The number of unbranched alkanes of at least 4 members (excludes halogenated alkanes) is 11. The molecule has 0 aliphatic heterocycles. The predicted octanol–water partition coefficient (Wildman–Crippen LogP) is 6.03. The summed E-state index contributed by atoms with van der Waals surface area (Å²) >= 11 is 0. The van der Waals surface area contributed by atoms with E-state index in [9.17, 15) is 4.79 Å². The Balaban J connectivity index is 3.11. The molecular weight excluding hydrogens is 300 g/mol. The SMILES string of the molecule is CC(C)CCCCCCCCCCCCCCC(=O)OC[C@@H](C)O. The van der Waals surface area contributed by atoms with Gasteiger partial charge in [-0.15, -0.1) is 0 Å². The third-order valence-electron chi connectivity index (χ3n) is 4.40. The lowest BCUT2D eigenvalue weighted by Gasteiger charge is -2.06. The molecule has 0 amide bonds. The summed E-state index contributed by atoms with van der Waals surface area (Å²) in [6, 6.07) is 0. The second kappa shape index (κ2) is 17.3. The fourth-order valence-corrected chi connectivity index (χ4v) is 2.88. The minimum absolute atomic E-state index is 0.122. The Kier molecular flexibility index (Phi) is 16.8. The van der Waals surface area contributed by atoms with E-state index in [1.807, 2.05) is 0 Å². The van der Waals surface area contributed by atoms with Gasteiger partial charge in [-0.05, 0) is 19.3 Å². The first-order valence-electron chi connectivity index (χ1n) is 10.4. The number of hydrogen-bond donors (Lipinski definition) is 1. The highest BCUT2D eigenvalue weighted by Gasteiger charge is 2.04. The fraction of sp³-hybridized carbons (Fsp3) is 0.952. The van der Waals surface area contributed by atoms with Crippen molar-refractivity contribution in [3.8, 4) is 0 Å². The molecule has 144 valence electrons. The van der Waals surface area contributed by atoms with E-state index in [2.05, 4.69) is 13.8 Å². The number of rotatable bonds is 17. The third-order valence-corrected chi connectivity index (χ3v) is 4.40. The molecule has 0 aromatic carbocycles. The zero-order valence-corrected chi connectivity index (χ0v) is 16.5. The van der Waals surface area contributed by atoms with Crippen LogP contribution < -0.4 is 0 Å². The van der Waals surface area contributed by atoms with Gasteiger partial charge < -0.3 is 9.84 Å². The maximum atomic E-state index is 11.3. The number of carbonyl (C=O) groups is 1. The first kappa shape index (κ1) is 23.4. The molecule has 0 aromatic heterocycles. The normalized spacial score (nSPS) is 12.5. The second-order valence-electron chi connectivity index (χ2n) is 7.71. The van der Waals surface area contributed by atoms with E-state index in [1.54, 1.807) is 6.92 Å². The molecule has 0 aliphatic rings. The van der Waals surface area contributed by atoms with Gasteiger partial charge in [-0.25, -0.2) is 0 Å². The van der Waals surface area contributed by atoms with Crippen LogP contribution >= 0.6 is 0 Å². The van der Waals surface area contributed by atoms with Crippen molar-refractivity contribution in [2.75, 3.05) is 6.61 Å². The molecule has 0 radical (unpaired) electrons. The average Bonchev–Trinajstić information content (AvgIpc) is 2.52. The van der Waals surface area contributed by atoms with Crippen molar-refractivity contribution in [3.63, 3.8) is 0 Å². The monoisotopic (exact) mass is 342 g/mol. The van der Waals surface area contributed by atoms with Crippen LogP contribution in [0.3, 0.4) is 0 Å². The number of hydrogen-bond acceptors (Lipinski definition) is 3. The van der Waals surface area contributed by atoms with Crippen molar-refractivity contribution in [2.45, 2.75) is 117 Å². The highest BCUT2D eigenvalue weighted by atomic mass is 16.5. The van der Waals surface area contributed by atoms with Crippen LogP contribution in [0.5, 0.6) is 0 Å². The first-order valence-corrected chi connectivity index (χ1v) is 10.4. The van der Waals surface area contributed by atoms with Crippen LogP contribution in [0.25, 0.3) is 0 Å². The summed E-state index contributed by atoms with van der Waals surface area (Å²) in [4.78, 5) is 11.3. The summed E-state index contributed by atoms with van der Waals surface area (Å²) in [6.07, 6.45) is 17.0. The zero-order chi connectivity index (χ0) is 18.0. The molecule has 1 N–H and O–H groups in total. The van der Waals surface area contributed by atoms with Gasteiger partial charge in [-0.2, -0.15) is 0 Å². The molecule has 0 aromatic rings. The van der Waals surface area contributed by atoms with E-state index < -0.39 is 6.10 Å². The van der Waals surface area contributed by atoms with Gasteiger partial charge in [0.05, 0.1) is 6.10 Å². The molecule has 0 heterocycles. The second-order valence-corrected chi connectivity index (χ2v) is 7.71. The Bertz CT molecular complexity index is 274. The molecule has 24 heavy (non-hydrogen) atoms. The number of aliphatic hydroxyl groups excluding tert-OH is 1. The summed E-state index contributed by atoms with van der Waals surface area (Å²) in [5, 5.41) is 9.03. The lowest BCUT2D eigenvalue weighted by Crippen LogP contribution is -2.14. The Morgan fingerprint density at radius 1 is 0.750 bits per heavy atom. The summed E-state index contributed by atoms with van der Waals surface area (Å²) in [6.45, 7) is 6.36. The van der Waals surface area contributed by atoms with Crippen LogP contribution in [0.15, 0.2) is 0 Å². The summed E-state index contributed by atoms with van der Waals surface area (Å²) in [5.74, 6) is 0.684. The maximum absolute atomic E-state index is 11.3. The topological polar surface area (TPSA) is 46.5 Å². The van der Waals surface area contributed by atoms with E-state index in [0.717, 1.165) is 18.8 Å². The van der Waals surface area contributed by atoms with Gasteiger partial charge in [0.2, 0.25) is 0 Å². The molecule has 0 saturated carbocycles. The van der Waals surface area contributed by atoms with Crippen LogP contribution in [0, 0.1) is 5.92 Å². The van der Waals surface area contributed by atoms with E-state index in [-0.39, 0.29) is 12.6 Å². The van der Waals surface area contributed by atoms with Crippen LogP contribution in [-0.2, 0) is 9.53 Å². The molecule has 1 atom stereocenters. The fourth-order valence-electron chi connectivity index (χ4n) is 2.88. The standard InChI is InChI=1S/C21H42O3/c1-19(2)16-14-12-10-8-6-4-5-7-9-11-13-15-17-21(23)24-18-20(3)22/h19-20,22H,4-18H2,1-3H3/t20-/m1/s1. The quantitative estimate of drug-likeness (QED) is 0.259. The van der Waals surface area contributed by atoms with E-state index in [0.29, 0.717) is 6.42 Å². The Labute approximate surface area is 150 Å². The number of ether oxygens (including phenoxy) is 1. The van der Waals surface area contributed by atoms with Gasteiger partial charge in [0, 0.05) is 6.42 Å². The third kappa shape index (κ3) is 19.5. The van der Waals surface area contributed by atoms with Crippen molar-refractivity contribution in [1.29, 1.82) is 0 Å². The van der Waals surface area contributed by atoms with Crippen molar-refractivity contribution in [2.24, 2.45) is 5.92 Å². The van der Waals surface area contributed by atoms with E-state index in [1.165, 1.54) is 70.6 Å². The lowest BCUT2D eigenvalue weighted by atomic mass is 10.0. The minimum atomic E-state index is -0.561. The first-order chi connectivity index (χ1) is 11.5. The number of carbonyl (C=O) groups excluding carboxylic acids is 1. The molecule has 0 saturated heterocycles. The van der Waals surface area contributed by atoms with Gasteiger partial charge in [-0.3, -0.25) is 4.79 Å². The van der Waals surface area contributed by atoms with Gasteiger partial charge >= 0.3 is 5.97 Å². The number of esters is 1. The molecular formula is C21H42O3. The lowest BCUT2D eigenvalue weighted by molar-refractivity contribution is -0.146. The Hall–Kier alpha value is -0.570. The molecule has 0 rings (SSSR count). The minimum Gasteiger partial charge on any atom is -0.463 e. The summed E-state index contributed by atoms with van der Waals surface area (Å²) in [5.41, 5.74) is 0. The predicted molar refractivity (Wildman–Crippen MR) is 102 cm³/mol. The zero-order valence-electron chi connectivity index (χ0n) is 16.5. The molecule has 0 unspecified atom stereocenters. The van der Waals surface area contributed by atoms with Crippen LogP contribution in [-0.4, -0.2) is 23.8 Å². The van der Waals surface area contributed by atoms with Crippen molar-refractivity contribution < 1.29 is 14.6 Å². The summed E-state index contributed by atoms with van der Waals surface area (Å²) in [7, 11) is 0. The van der Waals surface area contributed by atoms with E-state index >= 15 is 0 Å². The van der Waals surface area contributed by atoms with Crippen molar-refractivity contribution in [3.05, 3.63) is 0 Å². The highest BCUT2D eigenvalue weighted by molar-refractivity contribution is 5.69. The molecule has 3 nitrogen and oxygen atoms in total. The molecule has 0 aliphatic carbocycles.